The summed E-state index contributed by atoms with van der Waals surface area (Å²) in [6, 6.07) is 11.5. The van der Waals surface area contributed by atoms with Crippen molar-refractivity contribution < 1.29 is 24.1 Å². The molecule has 1 fully saturated rings. The lowest BCUT2D eigenvalue weighted by Gasteiger charge is -2.45. The molecule has 6 heteroatoms. The zero-order valence-corrected chi connectivity index (χ0v) is 16.7. The highest BCUT2D eigenvalue weighted by Crippen LogP contribution is 2.50. The summed E-state index contributed by atoms with van der Waals surface area (Å²) < 4.78 is 17.0. The van der Waals surface area contributed by atoms with Crippen LogP contribution in [0.3, 0.4) is 0 Å². The minimum Gasteiger partial charge on any atom is -0.454 e. The van der Waals surface area contributed by atoms with E-state index in [9.17, 15) is 9.90 Å². The zero-order valence-electron chi connectivity index (χ0n) is 16.7. The number of hydrogen-bond acceptors (Lipinski definition) is 6. The second-order valence-electron chi connectivity index (χ2n) is 8.51. The molecule has 2 aromatic carbocycles. The molecular formula is C24H23NO5. The van der Waals surface area contributed by atoms with E-state index in [1.807, 2.05) is 43.3 Å². The molecule has 30 heavy (non-hydrogen) atoms. The van der Waals surface area contributed by atoms with Gasteiger partial charge < -0.3 is 19.3 Å². The van der Waals surface area contributed by atoms with Crippen LogP contribution in [0.25, 0.3) is 0 Å². The van der Waals surface area contributed by atoms with Gasteiger partial charge in [-0.05, 0) is 54.3 Å². The molecule has 3 heterocycles. The molecule has 0 amide bonds. The highest BCUT2D eigenvalue weighted by atomic mass is 16.7. The summed E-state index contributed by atoms with van der Waals surface area (Å²) in [6.07, 6.45) is 1.39. The van der Waals surface area contributed by atoms with Crippen LogP contribution < -0.4 is 9.47 Å². The van der Waals surface area contributed by atoms with Crippen molar-refractivity contribution in [3.63, 3.8) is 0 Å². The van der Waals surface area contributed by atoms with Gasteiger partial charge in [0, 0.05) is 25.0 Å². The van der Waals surface area contributed by atoms with Crippen molar-refractivity contribution in [3.05, 3.63) is 70.3 Å². The summed E-state index contributed by atoms with van der Waals surface area (Å²) in [5, 5.41) is 11.4. The molecule has 2 aromatic rings. The van der Waals surface area contributed by atoms with Gasteiger partial charge in [-0.3, -0.25) is 4.90 Å². The molecule has 1 aliphatic carbocycles. The van der Waals surface area contributed by atoms with E-state index in [1.165, 1.54) is 5.57 Å². The summed E-state index contributed by atoms with van der Waals surface area (Å²) in [5.41, 5.74) is 4.85. The lowest BCUT2D eigenvalue weighted by molar-refractivity contribution is -0.0259. The molecule has 4 aliphatic rings. The summed E-state index contributed by atoms with van der Waals surface area (Å²) in [5.74, 6) is 0.913. The Balaban J connectivity index is 1.37. The number of carbonyl (C=O) groups is 1. The summed E-state index contributed by atoms with van der Waals surface area (Å²) in [6.45, 7) is 3.87. The number of nitrogens with zero attached hydrogens (tertiary/aromatic N) is 1. The van der Waals surface area contributed by atoms with Gasteiger partial charge >= 0.3 is 5.97 Å². The molecule has 1 saturated heterocycles. The third-order valence-electron chi connectivity index (χ3n) is 6.86. The average Bonchev–Trinajstić information content (AvgIpc) is 3.36. The molecule has 1 N–H and O–H groups in total. The Morgan fingerprint density at radius 1 is 1.20 bits per heavy atom. The number of aliphatic hydroxyl groups is 1. The van der Waals surface area contributed by atoms with Gasteiger partial charge in [-0.1, -0.05) is 23.8 Å². The maximum Gasteiger partial charge on any atom is 0.339 e. The first kappa shape index (κ1) is 18.0. The molecule has 6 rings (SSSR count). The predicted octanol–water partition coefficient (Wildman–Crippen LogP) is 2.92. The van der Waals surface area contributed by atoms with Crippen molar-refractivity contribution in [1.29, 1.82) is 0 Å². The Hall–Kier alpha value is -2.83. The van der Waals surface area contributed by atoms with Crippen molar-refractivity contribution in [2.75, 3.05) is 13.3 Å². The number of carbonyl (C=O) groups excluding carboxylic acids is 1. The van der Waals surface area contributed by atoms with Gasteiger partial charge in [0.15, 0.2) is 11.5 Å². The molecule has 0 saturated carbocycles. The molecule has 0 radical (unpaired) electrons. The van der Waals surface area contributed by atoms with E-state index in [4.69, 9.17) is 14.2 Å². The minimum atomic E-state index is -0.827. The number of esters is 1. The molecule has 154 valence electrons. The second-order valence-corrected chi connectivity index (χ2v) is 8.51. The fourth-order valence-corrected chi connectivity index (χ4v) is 5.42. The SMILES string of the molecule is Cc1ccccc1C(=O)O[C@H]1C=C2CCN3Cc4cc5c(cc4[C@H]([C@@H]1O)[C@@H]23)OCO5. The van der Waals surface area contributed by atoms with Crippen molar-refractivity contribution in [3.8, 4) is 11.5 Å². The van der Waals surface area contributed by atoms with Gasteiger partial charge in [0.2, 0.25) is 6.79 Å². The predicted molar refractivity (Wildman–Crippen MR) is 109 cm³/mol. The topological polar surface area (TPSA) is 68.2 Å². The van der Waals surface area contributed by atoms with Crippen molar-refractivity contribution in [2.24, 2.45) is 0 Å². The highest BCUT2D eigenvalue weighted by molar-refractivity contribution is 5.91. The van der Waals surface area contributed by atoms with E-state index < -0.39 is 18.2 Å². The Labute approximate surface area is 174 Å². The molecule has 4 atom stereocenters. The molecule has 6 nitrogen and oxygen atoms in total. The third kappa shape index (κ3) is 2.60. The number of rotatable bonds is 2. The lowest BCUT2D eigenvalue weighted by atomic mass is 9.73. The number of fused-ring (bicyclic) bond motifs is 3. The Morgan fingerprint density at radius 2 is 2.00 bits per heavy atom. The number of hydrogen-bond donors (Lipinski definition) is 1. The standard InChI is InChI=1S/C24H23NO5/c1-13-4-2-3-5-16(13)24(27)30-20-8-14-6-7-25-11-15-9-18-19(29-12-28-18)10-17(15)21(22(14)25)23(20)26/h2-5,8-10,20-23,26H,6-7,11-12H2,1H3/t20-,21-,22+,23+/m0/s1. The number of ether oxygens (including phenoxy) is 3. The van der Waals surface area contributed by atoms with Crippen LogP contribution in [0.4, 0.5) is 0 Å². The van der Waals surface area contributed by atoms with E-state index in [-0.39, 0.29) is 18.8 Å². The van der Waals surface area contributed by atoms with Gasteiger partial charge in [0.05, 0.1) is 5.56 Å². The van der Waals surface area contributed by atoms with Crippen molar-refractivity contribution >= 4 is 5.97 Å². The maximum absolute atomic E-state index is 12.8. The maximum atomic E-state index is 12.8. The van der Waals surface area contributed by atoms with Gasteiger partial charge in [-0.25, -0.2) is 4.79 Å². The number of aryl methyl sites for hydroxylation is 1. The van der Waals surface area contributed by atoms with Crippen LogP contribution in [0.2, 0.25) is 0 Å². The van der Waals surface area contributed by atoms with E-state index in [0.717, 1.165) is 47.7 Å². The van der Waals surface area contributed by atoms with E-state index in [1.54, 1.807) is 6.07 Å². The van der Waals surface area contributed by atoms with Crippen LogP contribution in [0, 0.1) is 6.92 Å². The third-order valence-corrected chi connectivity index (χ3v) is 6.86. The fraction of sp³-hybridized carbons (Fsp3) is 0.375. The van der Waals surface area contributed by atoms with Crippen LogP contribution in [0.5, 0.6) is 11.5 Å². The Bertz CT molecular complexity index is 1080. The highest BCUT2D eigenvalue weighted by Gasteiger charge is 2.50. The summed E-state index contributed by atoms with van der Waals surface area (Å²) in [7, 11) is 0. The first-order valence-corrected chi connectivity index (χ1v) is 10.4. The summed E-state index contributed by atoms with van der Waals surface area (Å²) in [4.78, 5) is 15.2. The van der Waals surface area contributed by atoms with Crippen molar-refractivity contribution in [1.82, 2.24) is 4.90 Å². The molecule has 0 bridgehead atoms. The van der Waals surface area contributed by atoms with Crippen LogP contribution in [0.1, 0.15) is 39.4 Å². The quantitative estimate of drug-likeness (QED) is 0.612. The normalized spacial score (nSPS) is 28.5. The van der Waals surface area contributed by atoms with Crippen molar-refractivity contribution in [2.45, 2.75) is 44.1 Å². The molecule has 3 aliphatic heterocycles. The molecule has 0 aromatic heterocycles. The number of benzene rings is 2. The van der Waals surface area contributed by atoms with Gasteiger partial charge in [-0.2, -0.15) is 0 Å². The smallest absolute Gasteiger partial charge is 0.339 e. The Morgan fingerprint density at radius 3 is 2.83 bits per heavy atom. The second kappa shape index (κ2) is 6.59. The van der Waals surface area contributed by atoms with Gasteiger partial charge in [0.1, 0.15) is 12.2 Å². The van der Waals surface area contributed by atoms with Crippen LogP contribution in [-0.4, -0.2) is 47.6 Å². The molecular weight excluding hydrogens is 382 g/mol. The van der Waals surface area contributed by atoms with Gasteiger partial charge in [-0.15, -0.1) is 0 Å². The van der Waals surface area contributed by atoms with E-state index >= 15 is 0 Å². The first-order valence-electron chi connectivity index (χ1n) is 10.4. The minimum absolute atomic E-state index is 0.140. The van der Waals surface area contributed by atoms with E-state index in [0.29, 0.717) is 5.56 Å². The Kier molecular flexibility index (Phi) is 3.95. The summed E-state index contributed by atoms with van der Waals surface area (Å²) >= 11 is 0. The molecule has 0 unspecified atom stereocenters. The monoisotopic (exact) mass is 405 g/mol. The van der Waals surface area contributed by atoms with Crippen LogP contribution in [-0.2, 0) is 11.3 Å². The zero-order chi connectivity index (χ0) is 20.4. The average molecular weight is 405 g/mol. The largest absolute Gasteiger partial charge is 0.454 e. The fourth-order valence-electron chi connectivity index (χ4n) is 5.42. The molecule has 0 spiro atoms. The van der Waals surface area contributed by atoms with E-state index in [2.05, 4.69) is 4.90 Å². The number of aliphatic hydroxyl groups excluding tert-OH is 1. The first-order chi connectivity index (χ1) is 14.6. The lowest BCUT2D eigenvalue weighted by Crippen LogP contribution is -2.50. The van der Waals surface area contributed by atoms with Crippen LogP contribution >= 0.6 is 0 Å². The van der Waals surface area contributed by atoms with Gasteiger partial charge in [0.25, 0.3) is 0 Å². The van der Waals surface area contributed by atoms with Crippen LogP contribution in [0.15, 0.2) is 48.0 Å².